The van der Waals surface area contributed by atoms with Crippen LogP contribution in [0.4, 0.5) is 0 Å². The van der Waals surface area contributed by atoms with Crippen molar-refractivity contribution in [3.63, 3.8) is 0 Å². The molecule has 1 aliphatic heterocycles. The number of methoxy groups -OCH3 is 1. The monoisotopic (exact) mass is 367 g/mol. The summed E-state index contributed by atoms with van der Waals surface area (Å²) in [5, 5.41) is 2.78. The number of rotatable bonds is 7. The van der Waals surface area contributed by atoms with Gasteiger partial charge in [-0.3, -0.25) is 19.3 Å². The topological polar surface area (TPSA) is 102 Å². The summed E-state index contributed by atoms with van der Waals surface area (Å²) >= 11 is 0. The minimum absolute atomic E-state index is 0.0828. The number of imide groups is 1. The van der Waals surface area contributed by atoms with Gasteiger partial charge in [-0.2, -0.15) is 0 Å². The lowest BCUT2D eigenvalue weighted by molar-refractivity contribution is 0.0642. The Labute approximate surface area is 157 Å². The fourth-order valence-electron chi connectivity index (χ4n) is 3.00. The maximum absolute atomic E-state index is 12.5. The third-order valence-electron chi connectivity index (χ3n) is 4.39. The molecule has 0 saturated heterocycles. The number of amides is 3. The van der Waals surface area contributed by atoms with Gasteiger partial charge in [-0.25, -0.2) is 0 Å². The molecule has 0 atom stereocenters. The molecule has 2 aromatic carbocycles. The number of nitrogens with zero attached hydrogens (tertiary/aromatic N) is 1. The number of hydrogen-bond donors (Lipinski definition) is 2. The Kier molecular flexibility index (Phi) is 5.52. The number of benzene rings is 2. The third kappa shape index (κ3) is 3.68. The Morgan fingerprint density at radius 2 is 1.78 bits per heavy atom. The van der Waals surface area contributed by atoms with Crippen molar-refractivity contribution in [2.24, 2.45) is 5.73 Å². The van der Waals surface area contributed by atoms with Gasteiger partial charge in [0, 0.05) is 6.54 Å². The zero-order valence-corrected chi connectivity index (χ0v) is 15.0. The first kappa shape index (κ1) is 18.6. The Morgan fingerprint density at radius 1 is 1.11 bits per heavy atom. The highest BCUT2D eigenvalue weighted by Gasteiger charge is 2.35. The van der Waals surface area contributed by atoms with E-state index < -0.39 is 0 Å². The van der Waals surface area contributed by atoms with E-state index in [1.807, 2.05) is 0 Å². The second-order valence-corrected chi connectivity index (χ2v) is 6.17. The smallest absolute Gasteiger partial charge is 0.261 e. The number of ether oxygens (including phenoxy) is 1. The van der Waals surface area contributed by atoms with Gasteiger partial charge in [0.2, 0.25) is 0 Å². The molecular weight excluding hydrogens is 346 g/mol. The Hall–Kier alpha value is -3.19. The summed E-state index contributed by atoms with van der Waals surface area (Å²) < 4.78 is 5.26. The van der Waals surface area contributed by atoms with Crippen LogP contribution in [0.15, 0.2) is 42.5 Å². The molecule has 0 aromatic heterocycles. The fourth-order valence-corrected chi connectivity index (χ4v) is 3.00. The number of carbonyl (C=O) groups is 3. The average Bonchev–Trinajstić information content (AvgIpc) is 2.93. The number of nitrogens with two attached hydrogens (primary N) is 1. The molecule has 0 saturated carbocycles. The highest BCUT2D eigenvalue weighted by Crippen LogP contribution is 2.26. The van der Waals surface area contributed by atoms with E-state index in [0.717, 1.165) is 0 Å². The number of nitrogens with one attached hydrogen (secondary N) is 1. The molecule has 2 aromatic rings. The summed E-state index contributed by atoms with van der Waals surface area (Å²) in [5.41, 5.74) is 7.25. The van der Waals surface area contributed by atoms with Crippen LogP contribution in [0.2, 0.25) is 0 Å². The molecule has 27 heavy (non-hydrogen) atoms. The van der Waals surface area contributed by atoms with E-state index in [-0.39, 0.29) is 24.3 Å². The van der Waals surface area contributed by atoms with Crippen molar-refractivity contribution < 1.29 is 19.1 Å². The zero-order chi connectivity index (χ0) is 19.4. The Bertz CT molecular complexity index is 860. The molecule has 3 rings (SSSR count). The molecule has 0 radical (unpaired) electrons. The largest absolute Gasteiger partial charge is 0.496 e. The quantitative estimate of drug-likeness (QED) is 0.571. The normalized spacial score (nSPS) is 12.9. The number of hydrogen-bond acceptors (Lipinski definition) is 5. The highest BCUT2D eigenvalue weighted by molar-refractivity contribution is 6.21. The molecule has 1 heterocycles. The molecule has 3 N–H and O–H groups in total. The van der Waals surface area contributed by atoms with Crippen LogP contribution >= 0.6 is 0 Å². The molecule has 0 fully saturated rings. The van der Waals surface area contributed by atoms with E-state index in [1.165, 1.54) is 12.0 Å². The van der Waals surface area contributed by atoms with Gasteiger partial charge in [-0.1, -0.05) is 18.2 Å². The highest BCUT2D eigenvalue weighted by atomic mass is 16.5. The minimum atomic E-state index is -0.333. The van der Waals surface area contributed by atoms with E-state index in [0.29, 0.717) is 47.5 Å². The molecule has 7 heteroatoms. The maximum Gasteiger partial charge on any atom is 0.261 e. The van der Waals surface area contributed by atoms with E-state index in [2.05, 4.69) is 5.32 Å². The first-order valence-electron chi connectivity index (χ1n) is 8.67. The fraction of sp³-hybridized carbons (Fsp3) is 0.250. The molecule has 1 aliphatic rings. The lowest BCUT2D eigenvalue weighted by atomic mass is 10.1. The van der Waals surface area contributed by atoms with Crippen LogP contribution in [0.25, 0.3) is 0 Å². The lowest BCUT2D eigenvalue weighted by Crippen LogP contribution is -2.29. The van der Waals surface area contributed by atoms with Gasteiger partial charge in [0.1, 0.15) is 5.75 Å². The van der Waals surface area contributed by atoms with E-state index >= 15 is 0 Å². The lowest BCUT2D eigenvalue weighted by Gasteiger charge is -2.16. The van der Waals surface area contributed by atoms with E-state index in [9.17, 15) is 14.4 Å². The summed E-state index contributed by atoms with van der Waals surface area (Å²) in [4.78, 5) is 38.6. The number of carbonyl (C=O) groups excluding carboxylic acids is 3. The summed E-state index contributed by atoms with van der Waals surface area (Å²) in [5.74, 6) is -0.531. The van der Waals surface area contributed by atoms with Crippen LogP contribution in [-0.2, 0) is 6.54 Å². The Morgan fingerprint density at radius 3 is 2.37 bits per heavy atom. The van der Waals surface area contributed by atoms with E-state index in [4.69, 9.17) is 10.5 Å². The van der Waals surface area contributed by atoms with Crippen molar-refractivity contribution in [1.82, 2.24) is 10.2 Å². The second-order valence-electron chi connectivity index (χ2n) is 6.17. The molecule has 0 aliphatic carbocycles. The van der Waals surface area contributed by atoms with Crippen molar-refractivity contribution in [3.8, 4) is 5.75 Å². The van der Waals surface area contributed by atoms with Crippen LogP contribution in [0, 0.1) is 0 Å². The summed E-state index contributed by atoms with van der Waals surface area (Å²) in [6, 6.07) is 11.8. The standard InChI is InChI=1S/C20H21N3O4/c1-27-17-8-7-13(11-16(17)18(24)22-10-4-9-21)12-23-19(25)14-5-2-3-6-15(14)20(23)26/h2-3,5-8,11H,4,9-10,12,21H2,1H3,(H,22,24). The maximum atomic E-state index is 12.5. The number of fused-ring (bicyclic) bond motifs is 1. The van der Waals surface area contributed by atoms with Crippen LogP contribution in [-0.4, -0.2) is 42.8 Å². The first-order valence-corrected chi connectivity index (χ1v) is 8.67. The van der Waals surface area contributed by atoms with Crippen molar-refractivity contribution in [2.75, 3.05) is 20.2 Å². The van der Waals surface area contributed by atoms with Crippen molar-refractivity contribution >= 4 is 17.7 Å². The SMILES string of the molecule is COc1ccc(CN2C(=O)c3ccccc3C2=O)cc1C(=O)NCCCN. The second kappa shape index (κ2) is 8.01. The third-order valence-corrected chi connectivity index (χ3v) is 4.39. The van der Waals surface area contributed by atoms with Crippen molar-refractivity contribution in [2.45, 2.75) is 13.0 Å². The molecule has 3 amide bonds. The summed E-state index contributed by atoms with van der Waals surface area (Å²) in [7, 11) is 1.48. The van der Waals surface area contributed by atoms with Crippen LogP contribution in [0.5, 0.6) is 5.75 Å². The van der Waals surface area contributed by atoms with Crippen LogP contribution in [0.1, 0.15) is 43.1 Å². The first-order chi connectivity index (χ1) is 13.1. The molecule has 0 bridgehead atoms. The molecule has 7 nitrogen and oxygen atoms in total. The van der Waals surface area contributed by atoms with Gasteiger partial charge in [0.05, 0.1) is 30.3 Å². The summed E-state index contributed by atoms with van der Waals surface area (Å²) in [6.45, 7) is 1.03. The van der Waals surface area contributed by atoms with Gasteiger partial charge in [0.15, 0.2) is 0 Å². The average molecular weight is 367 g/mol. The van der Waals surface area contributed by atoms with Gasteiger partial charge in [0.25, 0.3) is 17.7 Å². The molecular formula is C20H21N3O4. The van der Waals surface area contributed by atoms with Gasteiger partial charge in [-0.15, -0.1) is 0 Å². The van der Waals surface area contributed by atoms with Gasteiger partial charge >= 0.3 is 0 Å². The van der Waals surface area contributed by atoms with Crippen molar-refractivity contribution in [3.05, 3.63) is 64.7 Å². The Balaban J connectivity index is 1.82. The van der Waals surface area contributed by atoms with Crippen molar-refractivity contribution in [1.29, 1.82) is 0 Å². The van der Waals surface area contributed by atoms with Crippen LogP contribution in [0.3, 0.4) is 0 Å². The molecule has 140 valence electrons. The van der Waals surface area contributed by atoms with E-state index in [1.54, 1.807) is 42.5 Å². The molecule has 0 spiro atoms. The minimum Gasteiger partial charge on any atom is -0.496 e. The summed E-state index contributed by atoms with van der Waals surface area (Å²) in [6.07, 6.45) is 0.669. The zero-order valence-electron chi connectivity index (χ0n) is 15.0. The predicted molar refractivity (Wildman–Crippen MR) is 99.6 cm³/mol. The van der Waals surface area contributed by atoms with Gasteiger partial charge in [-0.05, 0) is 42.8 Å². The van der Waals surface area contributed by atoms with Crippen LogP contribution < -0.4 is 15.8 Å². The van der Waals surface area contributed by atoms with Gasteiger partial charge < -0.3 is 15.8 Å². The molecule has 0 unspecified atom stereocenters. The predicted octanol–water partition coefficient (Wildman–Crippen LogP) is 1.57.